The Kier molecular flexibility index (Phi) is 6.70. The second-order valence-corrected chi connectivity index (χ2v) is 12.0. The van der Waals surface area contributed by atoms with Crippen LogP contribution in [0.4, 0.5) is 5.69 Å². The number of hydrogen-bond acceptors (Lipinski definition) is 4. The summed E-state index contributed by atoms with van der Waals surface area (Å²) in [7, 11) is -4.02. The molecule has 6 nitrogen and oxygen atoms in total. The van der Waals surface area contributed by atoms with Crippen LogP contribution in [0.15, 0.2) is 71.6 Å². The lowest BCUT2D eigenvalue weighted by atomic mass is 9.94. The number of anilines is 1. The van der Waals surface area contributed by atoms with Crippen LogP contribution in [0, 0.1) is 0 Å². The predicted molar refractivity (Wildman–Crippen MR) is 141 cm³/mol. The van der Waals surface area contributed by atoms with E-state index in [1.54, 1.807) is 30.3 Å². The monoisotopic (exact) mass is 504 g/mol. The Morgan fingerprint density at radius 1 is 0.861 bits per heavy atom. The number of imide groups is 1. The molecule has 1 saturated heterocycles. The van der Waals surface area contributed by atoms with Crippen molar-refractivity contribution in [2.24, 2.45) is 0 Å². The predicted octanol–water partition coefficient (Wildman–Crippen LogP) is 5.62. The average molecular weight is 505 g/mol. The van der Waals surface area contributed by atoms with E-state index in [-0.39, 0.29) is 23.3 Å². The van der Waals surface area contributed by atoms with Gasteiger partial charge in [0.05, 0.1) is 17.0 Å². The smallest absolute Gasteiger partial charge is 0.252 e. The molecular weight excluding hydrogens is 472 g/mol. The maximum Gasteiger partial charge on any atom is 0.252 e. The highest BCUT2D eigenvalue weighted by Gasteiger charge is 2.49. The highest BCUT2D eigenvalue weighted by Crippen LogP contribution is 2.36. The Morgan fingerprint density at radius 3 is 2.19 bits per heavy atom. The molecule has 3 aromatic rings. The van der Waals surface area contributed by atoms with Gasteiger partial charge in [0.25, 0.3) is 5.91 Å². The maximum atomic E-state index is 14.1. The van der Waals surface area contributed by atoms with Gasteiger partial charge in [-0.25, -0.2) is 13.3 Å². The molecule has 2 fully saturated rings. The summed E-state index contributed by atoms with van der Waals surface area (Å²) >= 11 is 0. The Balaban J connectivity index is 1.53. The fourth-order valence-corrected chi connectivity index (χ4v) is 7.36. The third kappa shape index (κ3) is 4.46. The van der Waals surface area contributed by atoms with Crippen LogP contribution in [-0.4, -0.2) is 36.6 Å². The number of nitrogens with zero attached hydrogens (tertiary/aromatic N) is 2. The molecule has 5 rings (SSSR count). The number of carbonyl (C=O) groups excluding carboxylic acids is 2. The van der Waals surface area contributed by atoms with Crippen LogP contribution >= 0.6 is 0 Å². The van der Waals surface area contributed by atoms with E-state index >= 15 is 0 Å². The van der Waals surface area contributed by atoms with Gasteiger partial charge < -0.3 is 0 Å². The highest BCUT2D eigenvalue weighted by molar-refractivity contribution is 7.89. The summed E-state index contributed by atoms with van der Waals surface area (Å²) in [6.45, 7) is 4.16. The first-order valence-corrected chi connectivity index (χ1v) is 14.2. The molecule has 0 N–H and O–H groups in total. The molecule has 36 heavy (non-hydrogen) atoms. The molecule has 0 radical (unpaired) electrons. The fraction of sp³-hybridized carbons (Fsp3) is 0.379. The lowest BCUT2D eigenvalue weighted by Crippen LogP contribution is -2.51. The van der Waals surface area contributed by atoms with Gasteiger partial charge in [-0.2, -0.15) is 4.31 Å². The van der Waals surface area contributed by atoms with Crippen LogP contribution in [0.2, 0.25) is 0 Å². The molecule has 1 aliphatic carbocycles. The van der Waals surface area contributed by atoms with E-state index in [4.69, 9.17) is 0 Å². The van der Waals surface area contributed by atoms with Gasteiger partial charge in [0.1, 0.15) is 6.04 Å². The van der Waals surface area contributed by atoms with Crippen LogP contribution < -0.4 is 4.90 Å². The number of carbonyl (C=O) groups is 2. The molecule has 7 heteroatoms. The lowest BCUT2D eigenvalue weighted by Gasteiger charge is -2.36. The van der Waals surface area contributed by atoms with Crippen molar-refractivity contribution in [1.82, 2.24) is 4.31 Å². The summed E-state index contributed by atoms with van der Waals surface area (Å²) in [5.74, 6) is -0.505. The van der Waals surface area contributed by atoms with Crippen LogP contribution in [0.25, 0.3) is 10.8 Å². The fourth-order valence-electron chi connectivity index (χ4n) is 5.50. The van der Waals surface area contributed by atoms with Gasteiger partial charge in [-0.1, -0.05) is 75.6 Å². The van der Waals surface area contributed by atoms with E-state index in [1.165, 1.54) is 9.21 Å². The van der Waals surface area contributed by atoms with E-state index < -0.39 is 22.0 Å². The van der Waals surface area contributed by atoms with E-state index in [0.29, 0.717) is 24.4 Å². The lowest BCUT2D eigenvalue weighted by molar-refractivity contribution is -0.122. The standard InChI is InChI=1S/C29H32N2O4S/c1-20(2)21-12-15-24(16-13-21)30-28(32)19-27(29(30)33)31(25-10-4-3-5-11-25)36(34,35)26-17-14-22-8-6-7-9-23(22)18-26/h6-9,12-18,20,25,27H,3-5,10-11,19H2,1-2H3. The Hall–Kier alpha value is -3.03. The molecule has 1 atom stereocenters. The summed E-state index contributed by atoms with van der Waals surface area (Å²) in [5, 5.41) is 1.77. The van der Waals surface area contributed by atoms with Gasteiger partial charge in [0.2, 0.25) is 15.9 Å². The second kappa shape index (κ2) is 9.79. The molecule has 1 heterocycles. The van der Waals surface area contributed by atoms with Gasteiger partial charge in [-0.3, -0.25) is 9.59 Å². The number of fused-ring (bicyclic) bond motifs is 1. The summed E-state index contributed by atoms with van der Waals surface area (Å²) in [6.07, 6.45) is 4.09. The Morgan fingerprint density at radius 2 is 1.53 bits per heavy atom. The molecule has 1 saturated carbocycles. The van der Waals surface area contributed by atoms with Gasteiger partial charge in [0, 0.05) is 6.04 Å². The molecule has 2 amide bonds. The zero-order valence-electron chi connectivity index (χ0n) is 20.8. The molecular formula is C29H32N2O4S. The molecule has 0 aromatic heterocycles. The van der Waals surface area contributed by atoms with Crippen LogP contribution in [0.5, 0.6) is 0 Å². The normalized spacial score (nSPS) is 19.7. The van der Waals surface area contributed by atoms with Gasteiger partial charge in [0.15, 0.2) is 0 Å². The first-order chi connectivity index (χ1) is 17.3. The molecule has 1 unspecified atom stereocenters. The summed E-state index contributed by atoms with van der Waals surface area (Å²) in [4.78, 5) is 28.2. The number of rotatable bonds is 6. The van der Waals surface area contributed by atoms with Crippen LogP contribution in [0.3, 0.4) is 0 Å². The first-order valence-electron chi connectivity index (χ1n) is 12.8. The molecule has 188 valence electrons. The highest BCUT2D eigenvalue weighted by atomic mass is 32.2. The van der Waals surface area contributed by atoms with E-state index in [2.05, 4.69) is 13.8 Å². The van der Waals surface area contributed by atoms with Crippen molar-refractivity contribution in [3.8, 4) is 0 Å². The quantitative estimate of drug-likeness (QED) is 0.409. The van der Waals surface area contributed by atoms with Gasteiger partial charge in [-0.15, -0.1) is 0 Å². The second-order valence-electron chi connectivity index (χ2n) is 10.2. The summed E-state index contributed by atoms with van der Waals surface area (Å²) in [5.41, 5.74) is 1.60. The van der Waals surface area contributed by atoms with Gasteiger partial charge in [-0.05, 0) is 59.4 Å². The van der Waals surface area contributed by atoms with Gasteiger partial charge >= 0.3 is 0 Å². The Bertz CT molecular complexity index is 1390. The zero-order chi connectivity index (χ0) is 25.4. The summed E-state index contributed by atoms with van der Waals surface area (Å²) < 4.78 is 29.6. The molecule has 3 aromatic carbocycles. The number of amides is 2. The average Bonchev–Trinajstić information content (AvgIpc) is 3.17. The van der Waals surface area contributed by atoms with Crippen LogP contribution in [-0.2, 0) is 19.6 Å². The minimum absolute atomic E-state index is 0.145. The van der Waals surface area contributed by atoms with Crippen LogP contribution in [0.1, 0.15) is 63.9 Å². The van der Waals surface area contributed by atoms with Crippen molar-refractivity contribution in [2.75, 3.05) is 4.90 Å². The number of benzene rings is 3. The largest absolute Gasteiger partial charge is 0.274 e. The minimum Gasteiger partial charge on any atom is -0.274 e. The van der Waals surface area contributed by atoms with Crippen molar-refractivity contribution in [2.45, 2.75) is 75.3 Å². The third-order valence-corrected chi connectivity index (χ3v) is 9.44. The van der Waals surface area contributed by atoms with Crippen molar-refractivity contribution in [3.05, 3.63) is 72.3 Å². The zero-order valence-corrected chi connectivity index (χ0v) is 21.6. The van der Waals surface area contributed by atoms with Crippen molar-refractivity contribution < 1.29 is 18.0 Å². The van der Waals surface area contributed by atoms with Crippen molar-refractivity contribution in [1.29, 1.82) is 0 Å². The maximum absolute atomic E-state index is 14.1. The minimum atomic E-state index is -4.02. The topological polar surface area (TPSA) is 74.8 Å². The first kappa shape index (κ1) is 24.7. The molecule has 1 aliphatic heterocycles. The molecule has 0 spiro atoms. The SMILES string of the molecule is CC(C)c1ccc(N2C(=O)CC(N(C3CCCCC3)S(=O)(=O)c3ccc4ccccc4c3)C2=O)cc1. The number of sulfonamides is 1. The van der Waals surface area contributed by atoms with E-state index in [0.717, 1.165) is 35.6 Å². The van der Waals surface area contributed by atoms with Crippen molar-refractivity contribution >= 4 is 38.3 Å². The number of hydrogen-bond donors (Lipinski definition) is 0. The molecule has 0 bridgehead atoms. The van der Waals surface area contributed by atoms with E-state index in [1.807, 2.05) is 36.4 Å². The third-order valence-electron chi connectivity index (χ3n) is 7.48. The van der Waals surface area contributed by atoms with E-state index in [9.17, 15) is 18.0 Å². The Labute approximate surface area is 213 Å². The molecule has 2 aliphatic rings. The van der Waals surface area contributed by atoms with Crippen molar-refractivity contribution in [3.63, 3.8) is 0 Å². The summed E-state index contributed by atoms with van der Waals surface area (Å²) in [6, 6.07) is 18.7.